The first-order valence-electron chi connectivity index (χ1n) is 1.52. The van der Waals surface area contributed by atoms with E-state index in [0.29, 0.717) is 0 Å². The van der Waals surface area contributed by atoms with Crippen LogP contribution in [0.5, 0.6) is 0 Å². The fraction of sp³-hybridized carbons (Fsp3) is 0.500. The van der Waals surface area contributed by atoms with E-state index in [4.69, 9.17) is 0 Å². The topological polar surface area (TPSA) is 24.7 Å². The Labute approximate surface area is 30.8 Å². The van der Waals surface area contributed by atoms with Gasteiger partial charge in [-0.05, 0) is 0 Å². The Morgan fingerprint density at radius 1 is 1.80 bits per heavy atom. The minimum absolute atomic E-state index is 0.778. The third kappa shape index (κ3) is 0.405. The second-order valence-corrected chi connectivity index (χ2v) is 0.824. The molecule has 0 saturated carbocycles. The number of rotatable bonds is 0. The molecule has 0 bridgehead atoms. The zero-order valence-electron chi connectivity index (χ0n) is 2.76. The Morgan fingerprint density at radius 2 is 2.80 bits per heavy atom. The van der Waals surface area contributed by atoms with Crippen LogP contribution >= 0.6 is 0 Å². The Kier molecular flexibility index (Phi) is 0.609. The molecule has 2 nitrogen and oxygen atoms in total. The van der Waals surface area contributed by atoms with Gasteiger partial charge in [0.15, 0.2) is 0 Å². The van der Waals surface area contributed by atoms with Crippen molar-refractivity contribution in [2.24, 2.45) is 10.1 Å². The first kappa shape index (κ1) is 2.76. The maximum atomic E-state index is 3.60. The van der Waals surface area contributed by atoms with Crippen LogP contribution in [-0.4, -0.2) is 19.6 Å². The quantitative estimate of drug-likeness (QED) is 0.352. The van der Waals surface area contributed by atoms with Crippen molar-refractivity contribution in [1.29, 1.82) is 0 Å². The van der Waals surface area contributed by atoms with Gasteiger partial charge < -0.3 is 0 Å². The van der Waals surface area contributed by atoms with Crippen molar-refractivity contribution < 1.29 is 0 Å². The average molecular weight is 65.9 g/mol. The van der Waals surface area contributed by atoms with Crippen LogP contribution in [0.4, 0.5) is 0 Å². The summed E-state index contributed by atoms with van der Waals surface area (Å²) in [5.41, 5.74) is 0. The van der Waals surface area contributed by atoms with Crippen LogP contribution in [0.3, 0.4) is 0 Å². The van der Waals surface area contributed by atoms with E-state index >= 15 is 0 Å². The Hall–Kier alpha value is -0.465. The molecule has 0 atom stereocenters. The molecular weight excluding hydrogens is 62.8 g/mol. The molecule has 1 aliphatic heterocycles. The molecular formula is C2H3BN2. The summed E-state index contributed by atoms with van der Waals surface area (Å²) in [7, 11) is 1.69. The van der Waals surface area contributed by atoms with Crippen molar-refractivity contribution in [2.75, 3.05) is 6.54 Å². The summed E-state index contributed by atoms with van der Waals surface area (Å²) < 4.78 is 0. The molecule has 0 radical (unpaired) electrons. The van der Waals surface area contributed by atoms with Gasteiger partial charge in [0.05, 0.1) is 0 Å². The predicted octanol–water partition coefficient (Wildman–Crippen LogP) is -0.126. The van der Waals surface area contributed by atoms with Gasteiger partial charge in [-0.3, -0.25) is 0 Å². The van der Waals surface area contributed by atoms with E-state index in [1.165, 1.54) is 0 Å². The van der Waals surface area contributed by atoms with E-state index in [2.05, 4.69) is 10.1 Å². The molecule has 0 aromatic rings. The second kappa shape index (κ2) is 1.10. The monoisotopic (exact) mass is 66.0 g/mol. The van der Waals surface area contributed by atoms with E-state index in [1.54, 1.807) is 7.06 Å². The normalized spacial score (nSPS) is 16.0. The van der Waals surface area contributed by atoms with Gasteiger partial charge in [-0.2, -0.15) is 0 Å². The van der Waals surface area contributed by atoms with E-state index in [0.717, 1.165) is 6.54 Å². The van der Waals surface area contributed by atoms with Crippen molar-refractivity contribution in [3.63, 3.8) is 0 Å². The molecule has 0 spiro atoms. The second-order valence-electron chi connectivity index (χ2n) is 0.824. The third-order valence-corrected chi connectivity index (χ3v) is 0.441. The number of hydrogen-bond acceptors (Lipinski definition) is 2. The van der Waals surface area contributed by atoms with Crippen LogP contribution in [0.2, 0.25) is 0 Å². The molecule has 0 aromatic heterocycles. The molecule has 1 heterocycles. The Morgan fingerprint density at radius 3 is 3.00 bits per heavy atom. The first-order valence-corrected chi connectivity index (χ1v) is 1.52. The van der Waals surface area contributed by atoms with Crippen LogP contribution in [0.1, 0.15) is 0 Å². The van der Waals surface area contributed by atoms with Crippen molar-refractivity contribution in [1.82, 2.24) is 0 Å². The summed E-state index contributed by atoms with van der Waals surface area (Å²) in [5, 5.41) is 7.12. The predicted molar refractivity (Wildman–Crippen MR) is 21.5 cm³/mol. The van der Waals surface area contributed by atoms with Gasteiger partial charge in [-0.15, -0.1) is 0 Å². The van der Waals surface area contributed by atoms with Crippen molar-refractivity contribution in [2.45, 2.75) is 0 Å². The van der Waals surface area contributed by atoms with Crippen molar-refractivity contribution in [3.05, 3.63) is 0 Å². The van der Waals surface area contributed by atoms with Crippen LogP contribution < -0.4 is 0 Å². The molecule has 0 aromatic carbocycles. The summed E-state index contributed by atoms with van der Waals surface area (Å²) >= 11 is 0. The zero-order chi connectivity index (χ0) is 3.54. The van der Waals surface area contributed by atoms with Gasteiger partial charge in [0.2, 0.25) is 0 Å². The molecule has 0 fully saturated rings. The van der Waals surface area contributed by atoms with E-state index in [-0.39, 0.29) is 0 Å². The maximum absolute atomic E-state index is 3.60. The number of hydrogen-bond donors (Lipinski definition) is 0. The number of nitrogens with zero attached hydrogens (tertiary/aromatic N) is 2. The van der Waals surface area contributed by atoms with Crippen molar-refractivity contribution >= 4 is 13.0 Å². The SMILES string of the molecule is B1=CCN=N1. The van der Waals surface area contributed by atoms with Crippen LogP contribution in [-0.2, 0) is 0 Å². The molecule has 24 valence electrons. The summed E-state index contributed by atoms with van der Waals surface area (Å²) in [5.74, 6) is 1.90. The summed E-state index contributed by atoms with van der Waals surface area (Å²) in [6.07, 6.45) is 0. The molecule has 0 aliphatic carbocycles. The van der Waals surface area contributed by atoms with Gasteiger partial charge in [0, 0.05) is 0 Å². The molecule has 0 unspecified atom stereocenters. The molecule has 3 heteroatoms. The summed E-state index contributed by atoms with van der Waals surface area (Å²) in [6.45, 7) is 0.778. The Balaban J connectivity index is 2.61. The van der Waals surface area contributed by atoms with E-state index in [1.807, 2.05) is 5.97 Å². The van der Waals surface area contributed by atoms with Gasteiger partial charge in [0.1, 0.15) is 0 Å². The minimum atomic E-state index is 0.778. The van der Waals surface area contributed by atoms with Crippen LogP contribution in [0.25, 0.3) is 0 Å². The van der Waals surface area contributed by atoms with Gasteiger partial charge in [0.25, 0.3) is 0 Å². The average Bonchev–Trinajstić information content (AvgIpc) is 1.76. The van der Waals surface area contributed by atoms with E-state index in [9.17, 15) is 0 Å². The zero-order valence-corrected chi connectivity index (χ0v) is 2.76. The molecule has 1 aliphatic rings. The van der Waals surface area contributed by atoms with Gasteiger partial charge >= 0.3 is 29.7 Å². The van der Waals surface area contributed by atoms with Gasteiger partial charge in [-0.1, -0.05) is 0 Å². The standard InChI is InChI=1S/C2H3BN2/c1-2-4-5-3-1/h1H,2H2. The third-order valence-electron chi connectivity index (χ3n) is 0.441. The first-order chi connectivity index (χ1) is 2.50. The molecule has 1 rings (SSSR count). The van der Waals surface area contributed by atoms with Crippen LogP contribution in [0, 0.1) is 0 Å². The fourth-order valence-corrected chi connectivity index (χ4v) is 0.236. The molecule has 5 heavy (non-hydrogen) atoms. The summed E-state index contributed by atoms with van der Waals surface area (Å²) in [4.78, 5) is 0. The van der Waals surface area contributed by atoms with Crippen molar-refractivity contribution in [3.8, 4) is 0 Å². The molecule has 0 saturated heterocycles. The van der Waals surface area contributed by atoms with E-state index < -0.39 is 0 Å². The van der Waals surface area contributed by atoms with Crippen LogP contribution in [0.15, 0.2) is 10.1 Å². The summed E-state index contributed by atoms with van der Waals surface area (Å²) in [6, 6.07) is 0. The fourth-order valence-electron chi connectivity index (χ4n) is 0.236. The molecule has 0 N–H and O–H groups in total. The Bertz CT molecular complexity index is 65.7. The molecule has 0 amide bonds. The van der Waals surface area contributed by atoms with Gasteiger partial charge in [-0.25, -0.2) is 0 Å².